The molecule has 1 aliphatic heterocycles. The molecular weight excluding hydrogens is 244 g/mol. The molecule has 1 aliphatic carbocycles. The van der Waals surface area contributed by atoms with Gasteiger partial charge in [-0.25, -0.2) is 4.79 Å². The minimum absolute atomic E-state index is 0.0508. The van der Waals surface area contributed by atoms with Crippen LogP contribution >= 0.6 is 0 Å². The van der Waals surface area contributed by atoms with Crippen molar-refractivity contribution in [3.05, 3.63) is 0 Å². The number of amides is 1. The van der Waals surface area contributed by atoms with Gasteiger partial charge in [-0.15, -0.1) is 0 Å². The average Bonchev–Trinajstić information content (AvgIpc) is 2.88. The molecule has 2 rings (SSSR count). The maximum atomic E-state index is 12.5. The smallest absolute Gasteiger partial charge is 0.328 e. The average molecular weight is 268 g/mol. The van der Waals surface area contributed by atoms with Crippen LogP contribution in [0, 0.1) is 5.92 Å². The topological polar surface area (TPSA) is 72.6 Å². The van der Waals surface area contributed by atoms with Gasteiger partial charge in [-0.1, -0.05) is 0 Å². The predicted octanol–water partition coefficient (Wildman–Crippen LogP) is 1.06. The van der Waals surface area contributed by atoms with Crippen LogP contribution in [-0.4, -0.2) is 42.0 Å². The first-order chi connectivity index (χ1) is 9.13. The summed E-state index contributed by atoms with van der Waals surface area (Å²) in [5.41, 5.74) is 5.87. The lowest BCUT2D eigenvalue weighted by Crippen LogP contribution is -2.45. The molecule has 1 saturated heterocycles. The summed E-state index contributed by atoms with van der Waals surface area (Å²) < 4.78 is 5.06. The second-order valence-corrected chi connectivity index (χ2v) is 5.55. The van der Waals surface area contributed by atoms with E-state index < -0.39 is 0 Å². The largest absolute Gasteiger partial charge is 0.464 e. The van der Waals surface area contributed by atoms with E-state index in [1.54, 1.807) is 11.8 Å². The molecule has 0 aromatic rings. The molecule has 1 unspecified atom stereocenters. The predicted molar refractivity (Wildman–Crippen MR) is 71.3 cm³/mol. The third-order valence-electron chi connectivity index (χ3n) is 4.22. The van der Waals surface area contributed by atoms with Crippen LogP contribution in [0.1, 0.15) is 45.4 Å². The molecule has 1 atom stereocenters. The number of nitrogens with two attached hydrogens (primary N) is 1. The fraction of sp³-hybridized carbons (Fsp3) is 0.857. The number of likely N-dealkylation sites (tertiary alicyclic amines) is 1. The van der Waals surface area contributed by atoms with Crippen LogP contribution in [0.2, 0.25) is 0 Å². The van der Waals surface area contributed by atoms with Gasteiger partial charge in [-0.05, 0) is 45.4 Å². The van der Waals surface area contributed by atoms with Crippen LogP contribution in [0.15, 0.2) is 0 Å². The van der Waals surface area contributed by atoms with Gasteiger partial charge in [0, 0.05) is 18.5 Å². The highest BCUT2D eigenvalue weighted by Crippen LogP contribution is 2.28. The summed E-state index contributed by atoms with van der Waals surface area (Å²) in [6, 6.07) is -0.119. The standard InChI is InChI=1S/C14H24N2O3/c1-2-19-14(18)12-4-3-9-16(12)13(17)10-5-7-11(15)8-6-10/h10-12H,2-9,15H2,1H3. The van der Waals surface area contributed by atoms with Gasteiger partial charge in [0.2, 0.25) is 5.91 Å². The van der Waals surface area contributed by atoms with Gasteiger partial charge in [0.15, 0.2) is 0 Å². The Labute approximate surface area is 114 Å². The molecule has 1 heterocycles. The molecule has 0 aromatic heterocycles. The first-order valence-electron chi connectivity index (χ1n) is 7.36. The van der Waals surface area contributed by atoms with E-state index in [9.17, 15) is 9.59 Å². The van der Waals surface area contributed by atoms with E-state index in [0.29, 0.717) is 13.2 Å². The molecular formula is C14H24N2O3. The Morgan fingerprint density at radius 3 is 2.53 bits per heavy atom. The first-order valence-corrected chi connectivity index (χ1v) is 7.36. The van der Waals surface area contributed by atoms with Crippen molar-refractivity contribution in [2.45, 2.75) is 57.5 Å². The molecule has 0 radical (unpaired) electrons. The summed E-state index contributed by atoms with van der Waals surface area (Å²) in [6.07, 6.45) is 5.15. The number of ether oxygens (including phenoxy) is 1. The number of carbonyl (C=O) groups is 2. The Morgan fingerprint density at radius 1 is 1.21 bits per heavy atom. The van der Waals surface area contributed by atoms with E-state index in [1.807, 2.05) is 0 Å². The number of rotatable bonds is 3. The van der Waals surface area contributed by atoms with Crippen molar-refractivity contribution in [3.8, 4) is 0 Å². The molecule has 5 nitrogen and oxygen atoms in total. The molecule has 0 spiro atoms. The minimum Gasteiger partial charge on any atom is -0.464 e. The maximum Gasteiger partial charge on any atom is 0.328 e. The van der Waals surface area contributed by atoms with Crippen LogP contribution in [0.25, 0.3) is 0 Å². The molecule has 5 heteroatoms. The van der Waals surface area contributed by atoms with Gasteiger partial charge in [-0.2, -0.15) is 0 Å². The van der Waals surface area contributed by atoms with Gasteiger partial charge in [-0.3, -0.25) is 4.79 Å². The van der Waals surface area contributed by atoms with Gasteiger partial charge < -0.3 is 15.4 Å². The van der Waals surface area contributed by atoms with Crippen molar-refractivity contribution >= 4 is 11.9 Å². The molecule has 2 fully saturated rings. The number of nitrogens with zero attached hydrogens (tertiary/aromatic N) is 1. The quantitative estimate of drug-likeness (QED) is 0.777. The first kappa shape index (κ1) is 14.3. The minimum atomic E-state index is -0.358. The van der Waals surface area contributed by atoms with E-state index in [4.69, 9.17) is 10.5 Å². The van der Waals surface area contributed by atoms with Crippen LogP contribution < -0.4 is 5.73 Å². The van der Waals surface area contributed by atoms with Crippen molar-refractivity contribution < 1.29 is 14.3 Å². The summed E-state index contributed by atoms with van der Waals surface area (Å²) in [6.45, 7) is 2.85. The van der Waals surface area contributed by atoms with Gasteiger partial charge in [0.25, 0.3) is 0 Å². The van der Waals surface area contributed by atoms with E-state index in [1.165, 1.54) is 0 Å². The number of carbonyl (C=O) groups excluding carboxylic acids is 2. The van der Waals surface area contributed by atoms with Crippen LogP contribution in [0.5, 0.6) is 0 Å². The van der Waals surface area contributed by atoms with Crippen molar-refractivity contribution in [2.24, 2.45) is 11.7 Å². The fourth-order valence-corrected chi connectivity index (χ4v) is 3.11. The Kier molecular flexibility index (Phi) is 4.80. The van der Waals surface area contributed by atoms with Crippen molar-refractivity contribution in [3.63, 3.8) is 0 Å². The molecule has 2 N–H and O–H groups in total. The molecule has 0 aromatic carbocycles. The highest BCUT2D eigenvalue weighted by atomic mass is 16.5. The molecule has 1 saturated carbocycles. The lowest BCUT2D eigenvalue weighted by Gasteiger charge is -2.31. The van der Waals surface area contributed by atoms with E-state index in [2.05, 4.69) is 0 Å². The summed E-state index contributed by atoms with van der Waals surface area (Å²) in [5, 5.41) is 0. The lowest BCUT2D eigenvalue weighted by atomic mass is 9.85. The maximum absolute atomic E-state index is 12.5. The molecule has 19 heavy (non-hydrogen) atoms. The van der Waals surface area contributed by atoms with Crippen molar-refractivity contribution in [1.82, 2.24) is 4.90 Å². The number of hydrogen-bond acceptors (Lipinski definition) is 4. The lowest BCUT2D eigenvalue weighted by molar-refractivity contribution is -0.154. The second kappa shape index (κ2) is 6.37. The fourth-order valence-electron chi connectivity index (χ4n) is 3.11. The zero-order valence-corrected chi connectivity index (χ0v) is 11.6. The summed E-state index contributed by atoms with van der Waals surface area (Å²) in [5.74, 6) is -0.0712. The van der Waals surface area contributed by atoms with Gasteiger partial charge >= 0.3 is 5.97 Å². The third kappa shape index (κ3) is 3.26. The van der Waals surface area contributed by atoms with E-state index in [0.717, 1.165) is 38.5 Å². The Morgan fingerprint density at radius 2 is 1.89 bits per heavy atom. The Hall–Kier alpha value is -1.10. The highest BCUT2D eigenvalue weighted by Gasteiger charge is 2.38. The monoisotopic (exact) mass is 268 g/mol. The molecule has 1 amide bonds. The van der Waals surface area contributed by atoms with Crippen LogP contribution in [-0.2, 0) is 14.3 Å². The van der Waals surface area contributed by atoms with Crippen molar-refractivity contribution in [2.75, 3.05) is 13.2 Å². The van der Waals surface area contributed by atoms with Crippen LogP contribution in [0.4, 0.5) is 0 Å². The summed E-state index contributed by atoms with van der Waals surface area (Å²) in [7, 11) is 0. The van der Waals surface area contributed by atoms with Crippen LogP contribution in [0.3, 0.4) is 0 Å². The number of esters is 1. The van der Waals surface area contributed by atoms with E-state index in [-0.39, 0.29) is 29.9 Å². The van der Waals surface area contributed by atoms with E-state index >= 15 is 0 Å². The SMILES string of the molecule is CCOC(=O)C1CCCN1C(=O)C1CCC(N)CC1. The number of hydrogen-bond donors (Lipinski definition) is 1. The molecule has 0 bridgehead atoms. The third-order valence-corrected chi connectivity index (χ3v) is 4.22. The normalized spacial score (nSPS) is 31.3. The van der Waals surface area contributed by atoms with Gasteiger partial charge in [0.1, 0.15) is 6.04 Å². The molecule has 2 aliphatic rings. The summed E-state index contributed by atoms with van der Waals surface area (Å²) >= 11 is 0. The second-order valence-electron chi connectivity index (χ2n) is 5.55. The van der Waals surface area contributed by atoms with Crippen molar-refractivity contribution in [1.29, 1.82) is 0 Å². The Bertz CT molecular complexity index is 338. The zero-order chi connectivity index (χ0) is 13.8. The zero-order valence-electron chi connectivity index (χ0n) is 11.6. The highest BCUT2D eigenvalue weighted by molar-refractivity contribution is 5.86. The molecule has 108 valence electrons. The Balaban J connectivity index is 1.95. The van der Waals surface area contributed by atoms with Gasteiger partial charge in [0.05, 0.1) is 6.61 Å². The summed E-state index contributed by atoms with van der Waals surface area (Å²) in [4.78, 5) is 26.1.